The second-order valence-corrected chi connectivity index (χ2v) is 12.5. The van der Waals surface area contributed by atoms with Crippen LogP contribution in [0.5, 0.6) is 0 Å². The minimum Gasteiger partial charge on any atom is -0.102 e. The Morgan fingerprint density at radius 1 is 0.771 bits per heavy atom. The van der Waals surface area contributed by atoms with E-state index < -0.39 is 0 Å². The van der Waals surface area contributed by atoms with Crippen molar-refractivity contribution in [1.82, 2.24) is 0 Å². The number of rotatable bonds is 15. The summed E-state index contributed by atoms with van der Waals surface area (Å²) in [6.07, 6.45) is 17.8. The van der Waals surface area contributed by atoms with Gasteiger partial charge in [0.25, 0.3) is 0 Å². The van der Waals surface area contributed by atoms with Crippen LogP contribution in [-0.2, 0) is 6.42 Å². The second kappa shape index (κ2) is 13.5. The zero-order valence-corrected chi connectivity index (χ0v) is 23.7. The molecule has 1 aliphatic carbocycles. The number of benzene rings is 2. The van der Waals surface area contributed by atoms with Crippen LogP contribution in [0.2, 0.25) is 0 Å². The third kappa shape index (κ3) is 8.09. The quantitative estimate of drug-likeness (QED) is 0.226. The van der Waals surface area contributed by atoms with Gasteiger partial charge in [0.15, 0.2) is 0 Å². The van der Waals surface area contributed by atoms with Crippen molar-refractivity contribution in [3.8, 4) is 0 Å². The first-order valence-electron chi connectivity index (χ1n) is 14.7. The van der Waals surface area contributed by atoms with Crippen molar-refractivity contribution in [1.29, 1.82) is 0 Å². The molecular weight excluding hydrogens is 420 g/mol. The largest absolute Gasteiger partial charge is 0.102 e. The molecule has 1 aliphatic rings. The summed E-state index contributed by atoms with van der Waals surface area (Å²) in [6.45, 7) is 18.5. The van der Waals surface area contributed by atoms with E-state index in [4.69, 9.17) is 0 Å². The van der Waals surface area contributed by atoms with E-state index in [2.05, 4.69) is 90.6 Å². The molecule has 0 bridgehead atoms. The molecule has 3 rings (SSSR count). The summed E-state index contributed by atoms with van der Waals surface area (Å²) in [5.74, 6) is 3.61. The Bertz CT molecular complexity index is 973. The molecule has 0 N–H and O–H groups in total. The van der Waals surface area contributed by atoms with Gasteiger partial charge >= 0.3 is 0 Å². The van der Waals surface area contributed by atoms with E-state index in [1.54, 1.807) is 5.57 Å². The van der Waals surface area contributed by atoms with Gasteiger partial charge in [-0.25, -0.2) is 0 Å². The Balaban J connectivity index is 1.72. The Kier molecular flexibility index (Phi) is 10.7. The number of allylic oxidation sites excluding steroid dienone is 2. The molecule has 0 fully saturated rings. The van der Waals surface area contributed by atoms with Gasteiger partial charge in [-0.1, -0.05) is 128 Å². The lowest BCUT2D eigenvalue weighted by atomic mass is 9.77. The summed E-state index contributed by atoms with van der Waals surface area (Å²) in [4.78, 5) is 0. The Labute approximate surface area is 217 Å². The van der Waals surface area contributed by atoms with Crippen molar-refractivity contribution in [2.45, 2.75) is 112 Å². The highest BCUT2D eigenvalue weighted by atomic mass is 14.3. The Morgan fingerprint density at radius 2 is 1.40 bits per heavy atom. The Hall–Kier alpha value is -1.82. The van der Waals surface area contributed by atoms with Crippen molar-refractivity contribution in [2.75, 3.05) is 0 Å². The molecule has 35 heavy (non-hydrogen) atoms. The van der Waals surface area contributed by atoms with Crippen LogP contribution in [0, 0.1) is 23.7 Å². The zero-order valence-electron chi connectivity index (χ0n) is 23.7. The predicted molar refractivity (Wildman–Crippen MR) is 158 cm³/mol. The molecule has 0 radical (unpaired) electrons. The molecule has 0 saturated carbocycles. The number of hydrogen-bond acceptors (Lipinski definition) is 0. The summed E-state index contributed by atoms with van der Waals surface area (Å²) in [6, 6.07) is 11.9. The average molecular weight is 473 g/mol. The fourth-order valence-electron chi connectivity index (χ4n) is 5.93. The van der Waals surface area contributed by atoms with E-state index in [1.807, 2.05) is 0 Å². The standard InChI is InChI=1S/C35H52/c1-8-33-30(21-19-28(7)15-10-13-26(4)5)24-32-23-29(20-18-27(6)14-9-12-25(2)3)22-31-16-11-17-34(33)35(31)32/h8,11,16-17,22-28,33H,1,9-10,12-15,18-21H2,2-7H3. The molecule has 0 aliphatic heterocycles. The van der Waals surface area contributed by atoms with Gasteiger partial charge in [-0.05, 0) is 76.8 Å². The predicted octanol–water partition coefficient (Wildman–Crippen LogP) is 11.1. The maximum Gasteiger partial charge on any atom is 0.0235 e. The van der Waals surface area contributed by atoms with Crippen LogP contribution in [0.4, 0.5) is 0 Å². The maximum absolute atomic E-state index is 4.25. The van der Waals surface area contributed by atoms with E-state index in [0.29, 0.717) is 5.92 Å². The third-order valence-electron chi connectivity index (χ3n) is 8.22. The van der Waals surface area contributed by atoms with Crippen molar-refractivity contribution < 1.29 is 0 Å². The molecule has 2 aromatic carbocycles. The molecule has 2 aromatic rings. The fourth-order valence-corrected chi connectivity index (χ4v) is 5.93. The molecule has 0 amide bonds. The first-order valence-corrected chi connectivity index (χ1v) is 14.7. The van der Waals surface area contributed by atoms with Crippen molar-refractivity contribution in [2.24, 2.45) is 23.7 Å². The third-order valence-corrected chi connectivity index (χ3v) is 8.22. The second-order valence-electron chi connectivity index (χ2n) is 12.5. The van der Waals surface area contributed by atoms with Crippen LogP contribution < -0.4 is 0 Å². The lowest BCUT2D eigenvalue weighted by Crippen LogP contribution is -2.08. The molecule has 192 valence electrons. The molecule has 0 nitrogen and oxygen atoms in total. The van der Waals surface area contributed by atoms with Gasteiger partial charge < -0.3 is 0 Å². The van der Waals surface area contributed by atoms with E-state index in [0.717, 1.165) is 23.7 Å². The lowest BCUT2D eigenvalue weighted by molar-refractivity contribution is 0.435. The van der Waals surface area contributed by atoms with Gasteiger partial charge in [0.1, 0.15) is 0 Å². The molecular formula is C35H52. The average Bonchev–Trinajstić information content (AvgIpc) is 2.81. The molecule has 0 heteroatoms. The summed E-state index contributed by atoms with van der Waals surface area (Å²) >= 11 is 0. The van der Waals surface area contributed by atoms with E-state index in [1.165, 1.54) is 91.7 Å². The van der Waals surface area contributed by atoms with Crippen molar-refractivity contribution in [3.63, 3.8) is 0 Å². The number of hydrogen-bond donors (Lipinski definition) is 0. The lowest BCUT2D eigenvalue weighted by Gasteiger charge is -2.27. The number of aryl methyl sites for hydroxylation is 1. The summed E-state index contributed by atoms with van der Waals surface area (Å²) in [5.41, 5.74) is 5.98. The zero-order chi connectivity index (χ0) is 25.4. The van der Waals surface area contributed by atoms with Gasteiger partial charge in [-0.2, -0.15) is 0 Å². The van der Waals surface area contributed by atoms with Crippen LogP contribution in [-0.4, -0.2) is 0 Å². The highest BCUT2D eigenvalue weighted by Crippen LogP contribution is 2.42. The topological polar surface area (TPSA) is 0 Å². The normalized spacial score (nSPS) is 17.1. The summed E-state index contributed by atoms with van der Waals surface area (Å²) in [5, 5.41) is 2.87. The van der Waals surface area contributed by atoms with Crippen LogP contribution in [0.1, 0.15) is 122 Å². The highest BCUT2D eigenvalue weighted by Gasteiger charge is 2.23. The molecule has 0 saturated heterocycles. The molecule has 0 heterocycles. The first kappa shape index (κ1) is 27.8. The maximum atomic E-state index is 4.25. The van der Waals surface area contributed by atoms with Crippen LogP contribution in [0.15, 0.2) is 48.6 Å². The van der Waals surface area contributed by atoms with Gasteiger partial charge in [0.05, 0.1) is 0 Å². The van der Waals surface area contributed by atoms with Crippen LogP contribution >= 0.6 is 0 Å². The van der Waals surface area contributed by atoms with E-state index in [9.17, 15) is 0 Å². The molecule has 3 atom stereocenters. The molecule has 0 aromatic heterocycles. The van der Waals surface area contributed by atoms with E-state index in [-0.39, 0.29) is 0 Å². The van der Waals surface area contributed by atoms with Crippen molar-refractivity contribution >= 4 is 16.8 Å². The van der Waals surface area contributed by atoms with Crippen LogP contribution in [0.25, 0.3) is 16.8 Å². The SMILES string of the molecule is C=CC1C(CCC(C)CCCC(C)C)=Cc2cc(CCC(C)CCCC(C)C)cc3cccc1c23. The molecule has 3 unspecified atom stereocenters. The van der Waals surface area contributed by atoms with Crippen molar-refractivity contribution in [3.05, 3.63) is 65.3 Å². The van der Waals surface area contributed by atoms with E-state index >= 15 is 0 Å². The fraction of sp³-hybridized carbons (Fsp3) is 0.600. The van der Waals surface area contributed by atoms with Gasteiger partial charge in [0.2, 0.25) is 0 Å². The van der Waals surface area contributed by atoms with Gasteiger partial charge in [-0.15, -0.1) is 6.58 Å². The van der Waals surface area contributed by atoms with Gasteiger partial charge in [0, 0.05) is 5.92 Å². The molecule has 0 spiro atoms. The highest BCUT2D eigenvalue weighted by molar-refractivity contribution is 5.97. The minimum atomic E-state index is 0.362. The summed E-state index contributed by atoms with van der Waals surface area (Å²) < 4.78 is 0. The first-order chi connectivity index (χ1) is 16.8. The Morgan fingerprint density at radius 3 is 2.00 bits per heavy atom. The summed E-state index contributed by atoms with van der Waals surface area (Å²) in [7, 11) is 0. The van der Waals surface area contributed by atoms with Crippen LogP contribution in [0.3, 0.4) is 0 Å². The smallest absolute Gasteiger partial charge is 0.0235 e. The minimum absolute atomic E-state index is 0.362. The van der Waals surface area contributed by atoms with Gasteiger partial charge in [-0.3, -0.25) is 0 Å². The monoisotopic (exact) mass is 472 g/mol.